The summed E-state index contributed by atoms with van der Waals surface area (Å²) in [6.07, 6.45) is 5.70. The number of hydrogen-bond donors (Lipinski definition) is 1. The molecular weight excluding hydrogens is 640 g/mol. The van der Waals surface area contributed by atoms with Gasteiger partial charge in [-0.2, -0.15) is 9.49 Å². The number of nitrogen functional groups attached to an aromatic ring is 1. The Balaban J connectivity index is 1.30. The highest BCUT2D eigenvalue weighted by Crippen LogP contribution is 2.31. The number of nitrogens with zero attached hydrogens (tertiary/aromatic N) is 4. The van der Waals surface area contributed by atoms with Crippen LogP contribution in [0.3, 0.4) is 0 Å². The molecule has 3 heterocycles. The first-order valence-electron chi connectivity index (χ1n) is 15.4. The van der Waals surface area contributed by atoms with Crippen molar-refractivity contribution in [3.05, 3.63) is 101 Å². The van der Waals surface area contributed by atoms with Crippen LogP contribution in [0.1, 0.15) is 32.0 Å². The third-order valence-corrected chi connectivity index (χ3v) is 9.11. The van der Waals surface area contributed by atoms with Gasteiger partial charge in [0.1, 0.15) is 24.1 Å². The molecule has 0 saturated carbocycles. The summed E-state index contributed by atoms with van der Waals surface area (Å²) in [5, 5.41) is 5.14. The summed E-state index contributed by atoms with van der Waals surface area (Å²) >= 11 is 0. The maximum Gasteiger partial charge on any atom is 0.254 e. The van der Waals surface area contributed by atoms with E-state index in [1.54, 1.807) is 52.8 Å². The lowest BCUT2D eigenvalue weighted by Gasteiger charge is -2.26. The van der Waals surface area contributed by atoms with Crippen LogP contribution in [0.2, 0.25) is 0 Å². The summed E-state index contributed by atoms with van der Waals surface area (Å²) in [5.74, 6) is -1.48. The van der Waals surface area contributed by atoms with E-state index in [1.807, 2.05) is 6.07 Å². The van der Waals surface area contributed by atoms with Crippen LogP contribution in [0.25, 0.3) is 16.6 Å². The number of carbonyl (C=O) groups is 2. The Bertz CT molecular complexity index is 1990. The van der Waals surface area contributed by atoms with Crippen LogP contribution >= 0.6 is 0 Å². The fourth-order valence-corrected chi connectivity index (χ4v) is 5.99. The predicted octanol–water partition coefficient (Wildman–Crippen LogP) is 5.34. The summed E-state index contributed by atoms with van der Waals surface area (Å²) in [5.41, 5.74) is 9.59. The minimum absolute atomic E-state index is 0.0895. The molecule has 2 N–H and O–H groups in total. The SMILES string of the molecule is Cc1cc(Oc2cccc(F)c2F)ccc1-n1ncc(C(=O)c2cc3cc(C(=O)N4CCOCC4)ccc3n2COCC[S+](C)C)c1N. The number of nitrogens with two attached hydrogens (primary N) is 1. The maximum absolute atomic E-state index is 14.2. The van der Waals surface area contributed by atoms with E-state index in [-0.39, 0.29) is 52.2 Å². The number of carbonyl (C=O) groups excluding carboxylic acids is 2. The van der Waals surface area contributed by atoms with Gasteiger partial charge in [-0.1, -0.05) is 6.07 Å². The first-order valence-corrected chi connectivity index (χ1v) is 17.6. The molecule has 250 valence electrons. The number of fused-ring (bicyclic) bond motifs is 1. The van der Waals surface area contributed by atoms with Crippen molar-refractivity contribution in [2.24, 2.45) is 0 Å². The summed E-state index contributed by atoms with van der Waals surface area (Å²) < 4.78 is 48.0. The Morgan fingerprint density at radius 3 is 2.58 bits per heavy atom. The Hall–Kier alpha value is -4.72. The van der Waals surface area contributed by atoms with Crippen LogP contribution in [-0.4, -0.2) is 82.1 Å². The second kappa shape index (κ2) is 14.2. The summed E-state index contributed by atoms with van der Waals surface area (Å²) in [7, 11) is 0.200. The number of hydrogen-bond acceptors (Lipinski definition) is 7. The van der Waals surface area contributed by atoms with E-state index in [4.69, 9.17) is 19.9 Å². The molecule has 1 aliphatic rings. The van der Waals surface area contributed by atoms with Crippen LogP contribution < -0.4 is 10.5 Å². The zero-order valence-corrected chi connectivity index (χ0v) is 27.7. The van der Waals surface area contributed by atoms with E-state index in [1.165, 1.54) is 23.0 Å². The van der Waals surface area contributed by atoms with E-state index in [0.29, 0.717) is 55.4 Å². The molecule has 13 heteroatoms. The fraction of sp³-hybridized carbons (Fsp3) is 0.286. The molecule has 2 aromatic heterocycles. The Morgan fingerprint density at radius 1 is 1.04 bits per heavy atom. The van der Waals surface area contributed by atoms with Gasteiger partial charge in [-0.25, -0.2) is 9.07 Å². The highest BCUT2D eigenvalue weighted by molar-refractivity contribution is 7.95. The van der Waals surface area contributed by atoms with Crippen LogP contribution in [-0.2, 0) is 27.1 Å². The van der Waals surface area contributed by atoms with E-state index < -0.39 is 11.6 Å². The molecule has 10 nitrogen and oxygen atoms in total. The molecule has 0 atom stereocenters. The van der Waals surface area contributed by atoms with Crippen LogP contribution in [0.15, 0.2) is 66.9 Å². The minimum atomic E-state index is -1.08. The topological polar surface area (TPSA) is 114 Å². The molecule has 0 bridgehead atoms. The lowest BCUT2D eigenvalue weighted by Crippen LogP contribution is -2.40. The molecular formula is C35H36F2N5O5S+. The molecule has 3 aromatic carbocycles. The molecule has 0 unspecified atom stereocenters. The molecule has 48 heavy (non-hydrogen) atoms. The number of halogens is 2. The van der Waals surface area contributed by atoms with E-state index in [2.05, 4.69) is 17.6 Å². The predicted molar refractivity (Wildman–Crippen MR) is 181 cm³/mol. The van der Waals surface area contributed by atoms with Gasteiger partial charge in [-0.15, -0.1) is 0 Å². The Morgan fingerprint density at radius 2 is 1.83 bits per heavy atom. The van der Waals surface area contributed by atoms with Gasteiger partial charge in [0, 0.05) is 24.0 Å². The van der Waals surface area contributed by atoms with Crippen molar-refractivity contribution < 1.29 is 32.6 Å². The van der Waals surface area contributed by atoms with Gasteiger partial charge in [0.2, 0.25) is 11.6 Å². The molecule has 1 fully saturated rings. The zero-order valence-electron chi connectivity index (χ0n) is 26.9. The molecule has 1 amide bonds. The van der Waals surface area contributed by atoms with Crippen molar-refractivity contribution in [3.8, 4) is 17.2 Å². The van der Waals surface area contributed by atoms with Gasteiger partial charge in [-0.3, -0.25) is 9.59 Å². The number of morpholine rings is 1. The highest BCUT2D eigenvalue weighted by Gasteiger charge is 2.25. The second-order valence-corrected chi connectivity index (χ2v) is 14.0. The minimum Gasteiger partial charge on any atom is -0.454 e. The number of rotatable bonds is 11. The largest absolute Gasteiger partial charge is 0.454 e. The highest BCUT2D eigenvalue weighted by atomic mass is 32.2. The molecule has 0 spiro atoms. The van der Waals surface area contributed by atoms with Gasteiger partial charge in [-0.05, 0) is 78.0 Å². The van der Waals surface area contributed by atoms with Crippen LogP contribution in [0, 0.1) is 18.6 Å². The monoisotopic (exact) mass is 676 g/mol. The van der Waals surface area contributed by atoms with Crippen molar-refractivity contribution in [3.63, 3.8) is 0 Å². The molecule has 0 radical (unpaired) electrons. The van der Waals surface area contributed by atoms with Crippen LogP contribution in [0.4, 0.5) is 14.6 Å². The average molecular weight is 677 g/mol. The normalized spacial score (nSPS) is 13.4. The number of aryl methyl sites for hydroxylation is 1. The average Bonchev–Trinajstić information content (AvgIpc) is 3.64. The standard InChI is InChI=1S/C35H35F2N5O5S/c1-22-17-25(47-31-6-4-5-27(36)32(31)37)8-10-28(22)42-34(38)26(20-39-42)33(43)30-19-24-18-23(35(44)40-11-13-45-14-12-40)7-9-29(24)41(30)21-46-15-16-48(2)3/h4-10,17-20H,11-16,21H2,1-3H3,(H-,38,39,43)/p+1. The van der Waals surface area contributed by atoms with Gasteiger partial charge in [0.25, 0.3) is 5.91 Å². The van der Waals surface area contributed by atoms with Crippen molar-refractivity contribution in [1.29, 1.82) is 0 Å². The van der Waals surface area contributed by atoms with Crippen LogP contribution in [0.5, 0.6) is 11.5 Å². The molecule has 0 aliphatic carbocycles. The number of anilines is 1. The van der Waals surface area contributed by atoms with Gasteiger partial charge in [0.05, 0.1) is 61.0 Å². The Labute approximate surface area is 279 Å². The lowest BCUT2D eigenvalue weighted by molar-refractivity contribution is 0.0303. The molecule has 1 saturated heterocycles. The summed E-state index contributed by atoms with van der Waals surface area (Å²) in [4.78, 5) is 29.1. The van der Waals surface area contributed by atoms with Crippen molar-refractivity contribution in [2.45, 2.75) is 13.7 Å². The molecule has 1 aliphatic heterocycles. The van der Waals surface area contributed by atoms with Gasteiger partial charge < -0.3 is 29.4 Å². The smallest absolute Gasteiger partial charge is 0.254 e. The number of benzene rings is 3. The molecule has 5 aromatic rings. The number of aromatic nitrogens is 3. The Kier molecular flexibility index (Phi) is 9.81. The third kappa shape index (κ3) is 6.80. The number of ketones is 1. The van der Waals surface area contributed by atoms with Crippen molar-refractivity contribution >= 4 is 39.3 Å². The maximum atomic E-state index is 14.2. The van der Waals surface area contributed by atoms with Gasteiger partial charge >= 0.3 is 0 Å². The lowest BCUT2D eigenvalue weighted by atomic mass is 10.1. The van der Waals surface area contributed by atoms with E-state index in [0.717, 1.165) is 22.7 Å². The third-order valence-electron chi connectivity index (χ3n) is 8.13. The first-order chi connectivity index (χ1) is 23.1. The summed E-state index contributed by atoms with van der Waals surface area (Å²) in [6.45, 7) is 4.50. The van der Waals surface area contributed by atoms with E-state index >= 15 is 0 Å². The van der Waals surface area contributed by atoms with Gasteiger partial charge in [0.15, 0.2) is 11.6 Å². The first kappa shape index (κ1) is 33.2. The molecule has 6 rings (SSSR count). The summed E-state index contributed by atoms with van der Waals surface area (Å²) in [6, 6.07) is 15.8. The zero-order chi connectivity index (χ0) is 33.9. The quantitative estimate of drug-likeness (QED) is 0.114. The van der Waals surface area contributed by atoms with Crippen molar-refractivity contribution in [1.82, 2.24) is 19.2 Å². The van der Waals surface area contributed by atoms with E-state index in [9.17, 15) is 18.4 Å². The number of amides is 1. The number of ether oxygens (including phenoxy) is 3. The second-order valence-electron chi connectivity index (χ2n) is 11.6. The fourth-order valence-electron chi connectivity index (χ4n) is 5.54. The van der Waals surface area contributed by atoms with Crippen molar-refractivity contribution in [2.75, 3.05) is 56.9 Å².